The molecule has 4 nitrogen and oxygen atoms in total. The Morgan fingerprint density at radius 3 is 2.19 bits per heavy atom. The minimum absolute atomic E-state index is 0.239. The molecule has 0 atom stereocenters. The second-order valence-electron chi connectivity index (χ2n) is 4.30. The van der Waals surface area contributed by atoms with Crippen molar-refractivity contribution >= 4 is 21.4 Å². The van der Waals surface area contributed by atoms with Crippen LogP contribution in [0.3, 0.4) is 0 Å². The standard InChI is InChI=1S/C13H11F3N2O2S/c14-9-5-10(15)13(11(16)6-9)18-21(19,20)7-8-3-1-2-4-12(8)17/h1-6,18H,7,17H2. The molecule has 0 heterocycles. The Bertz CT molecular complexity index is 756. The van der Waals surface area contributed by atoms with E-state index in [0.29, 0.717) is 12.1 Å². The maximum absolute atomic E-state index is 13.4. The third kappa shape index (κ3) is 3.66. The Kier molecular flexibility index (Phi) is 4.08. The van der Waals surface area contributed by atoms with Crippen LogP contribution in [0.2, 0.25) is 0 Å². The number of hydrogen-bond donors (Lipinski definition) is 2. The lowest BCUT2D eigenvalue weighted by Gasteiger charge is -2.11. The summed E-state index contributed by atoms with van der Waals surface area (Å²) in [5.41, 5.74) is 5.21. The summed E-state index contributed by atoms with van der Waals surface area (Å²) in [6.45, 7) is 0. The van der Waals surface area contributed by atoms with Gasteiger partial charge in [-0.3, -0.25) is 4.72 Å². The fourth-order valence-corrected chi connectivity index (χ4v) is 2.95. The summed E-state index contributed by atoms with van der Waals surface area (Å²) in [5.74, 6) is -4.37. The molecule has 0 aliphatic heterocycles. The van der Waals surface area contributed by atoms with Gasteiger partial charge in [-0.05, 0) is 11.6 Å². The van der Waals surface area contributed by atoms with E-state index in [1.54, 1.807) is 16.9 Å². The van der Waals surface area contributed by atoms with Crippen molar-refractivity contribution in [2.45, 2.75) is 5.75 Å². The molecule has 0 aromatic heterocycles. The number of anilines is 2. The molecule has 2 aromatic carbocycles. The van der Waals surface area contributed by atoms with Gasteiger partial charge < -0.3 is 5.73 Å². The molecule has 0 fully saturated rings. The number of hydrogen-bond acceptors (Lipinski definition) is 3. The first kappa shape index (κ1) is 15.2. The molecule has 3 N–H and O–H groups in total. The van der Waals surface area contributed by atoms with E-state index in [1.165, 1.54) is 12.1 Å². The molecule has 0 aliphatic carbocycles. The van der Waals surface area contributed by atoms with Crippen LogP contribution in [0.4, 0.5) is 24.5 Å². The van der Waals surface area contributed by atoms with Crippen LogP contribution in [-0.2, 0) is 15.8 Å². The Hall–Kier alpha value is -2.22. The number of nitrogens with two attached hydrogens (primary N) is 1. The van der Waals surface area contributed by atoms with Crippen molar-refractivity contribution in [3.8, 4) is 0 Å². The number of nitrogen functional groups attached to an aromatic ring is 1. The van der Waals surface area contributed by atoms with E-state index in [9.17, 15) is 21.6 Å². The summed E-state index contributed by atoms with van der Waals surface area (Å²) in [5, 5.41) is 0. The van der Waals surface area contributed by atoms with E-state index in [1.807, 2.05) is 0 Å². The van der Waals surface area contributed by atoms with E-state index >= 15 is 0 Å². The molecule has 2 rings (SSSR count). The Morgan fingerprint density at radius 1 is 1.05 bits per heavy atom. The van der Waals surface area contributed by atoms with Gasteiger partial charge >= 0.3 is 0 Å². The minimum atomic E-state index is -4.10. The molecule has 112 valence electrons. The topological polar surface area (TPSA) is 72.2 Å². The van der Waals surface area contributed by atoms with Gasteiger partial charge in [-0.25, -0.2) is 21.6 Å². The van der Waals surface area contributed by atoms with Crippen molar-refractivity contribution in [3.05, 3.63) is 59.4 Å². The van der Waals surface area contributed by atoms with Crippen LogP contribution in [0.15, 0.2) is 36.4 Å². The quantitative estimate of drug-likeness (QED) is 0.852. The summed E-state index contributed by atoms with van der Waals surface area (Å²) in [7, 11) is -4.10. The maximum Gasteiger partial charge on any atom is 0.237 e. The molecule has 0 aliphatic rings. The first-order chi connectivity index (χ1) is 9.78. The second-order valence-corrected chi connectivity index (χ2v) is 6.03. The number of benzene rings is 2. The number of nitrogens with one attached hydrogen (secondary N) is 1. The zero-order valence-corrected chi connectivity index (χ0v) is 11.4. The molecule has 21 heavy (non-hydrogen) atoms. The zero-order chi connectivity index (χ0) is 15.6. The lowest BCUT2D eigenvalue weighted by Crippen LogP contribution is -2.18. The number of sulfonamides is 1. The van der Waals surface area contributed by atoms with Crippen molar-refractivity contribution in [2.24, 2.45) is 0 Å². The highest BCUT2D eigenvalue weighted by Crippen LogP contribution is 2.23. The highest BCUT2D eigenvalue weighted by Gasteiger charge is 2.19. The summed E-state index contributed by atoms with van der Waals surface area (Å²) in [6, 6.07) is 6.96. The van der Waals surface area contributed by atoms with Gasteiger partial charge in [0.2, 0.25) is 10.0 Å². The number of halogens is 3. The number of para-hydroxylation sites is 1. The monoisotopic (exact) mass is 316 g/mol. The van der Waals surface area contributed by atoms with Crippen LogP contribution in [0.1, 0.15) is 5.56 Å². The Balaban J connectivity index is 2.29. The highest BCUT2D eigenvalue weighted by molar-refractivity contribution is 7.91. The molecular weight excluding hydrogens is 305 g/mol. The van der Waals surface area contributed by atoms with Crippen LogP contribution in [-0.4, -0.2) is 8.42 Å². The SMILES string of the molecule is Nc1ccccc1CS(=O)(=O)Nc1c(F)cc(F)cc1F. The predicted molar refractivity (Wildman–Crippen MR) is 73.4 cm³/mol. The average Bonchev–Trinajstić information content (AvgIpc) is 2.36. The molecule has 2 aromatic rings. The third-order valence-corrected chi connectivity index (χ3v) is 3.87. The van der Waals surface area contributed by atoms with Crippen molar-refractivity contribution in [2.75, 3.05) is 10.5 Å². The van der Waals surface area contributed by atoms with Crippen LogP contribution < -0.4 is 10.5 Å². The van der Waals surface area contributed by atoms with Gasteiger partial charge in [0, 0.05) is 17.8 Å². The highest BCUT2D eigenvalue weighted by atomic mass is 32.2. The van der Waals surface area contributed by atoms with Gasteiger partial charge in [0.05, 0.1) is 5.75 Å². The van der Waals surface area contributed by atoms with Gasteiger partial charge in [0.1, 0.15) is 11.5 Å². The van der Waals surface area contributed by atoms with E-state index < -0.39 is 38.9 Å². The van der Waals surface area contributed by atoms with Crippen molar-refractivity contribution in [3.63, 3.8) is 0 Å². The van der Waals surface area contributed by atoms with Crippen molar-refractivity contribution in [1.29, 1.82) is 0 Å². The molecule has 0 bridgehead atoms. The smallest absolute Gasteiger partial charge is 0.237 e. The van der Waals surface area contributed by atoms with Gasteiger partial charge in [-0.15, -0.1) is 0 Å². The fourth-order valence-electron chi connectivity index (χ4n) is 1.70. The minimum Gasteiger partial charge on any atom is -0.398 e. The van der Waals surface area contributed by atoms with Crippen LogP contribution in [0.25, 0.3) is 0 Å². The molecule has 0 saturated carbocycles. The lowest BCUT2D eigenvalue weighted by atomic mass is 10.2. The first-order valence-corrected chi connectivity index (χ1v) is 7.42. The summed E-state index contributed by atoms with van der Waals surface area (Å²) in [4.78, 5) is 0. The van der Waals surface area contributed by atoms with Gasteiger partial charge in [0.25, 0.3) is 0 Å². The van der Waals surface area contributed by atoms with Crippen LogP contribution in [0.5, 0.6) is 0 Å². The third-order valence-electron chi connectivity index (χ3n) is 2.67. The van der Waals surface area contributed by atoms with Gasteiger partial charge in [-0.2, -0.15) is 0 Å². The molecule has 0 unspecified atom stereocenters. The van der Waals surface area contributed by atoms with E-state index in [0.717, 1.165) is 0 Å². The fraction of sp³-hybridized carbons (Fsp3) is 0.0769. The molecule has 0 spiro atoms. The summed E-state index contributed by atoms with van der Waals surface area (Å²) < 4.78 is 65.2. The molecule has 8 heteroatoms. The average molecular weight is 316 g/mol. The van der Waals surface area contributed by atoms with E-state index in [2.05, 4.69) is 0 Å². The lowest BCUT2D eigenvalue weighted by molar-refractivity contribution is 0.547. The zero-order valence-electron chi connectivity index (χ0n) is 10.6. The van der Waals surface area contributed by atoms with Gasteiger partial charge in [0.15, 0.2) is 11.6 Å². The van der Waals surface area contributed by atoms with Crippen LogP contribution in [0, 0.1) is 17.5 Å². The molecular formula is C13H11F3N2O2S. The molecule has 0 saturated heterocycles. The largest absolute Gasteiger partial charge is 0.398 e. The first-order valence-electron chi connectivity index (χ1n) is 5.77. The summed E-state index contributed by atoms with van der Waals surface area (Å²) >= 11 is 0. The van der Waals surface area contributed by atoms with E-state index in [-0.39, 0.29) is 11.3 Å². The Labute approximate surface area is 119 Å². The number of rotatable bonds is 4. The van der Waals surface area contributed by atoms with E-state index in [4.69, 9.17) is 5.73 Å². The second kappa shape index (κ2) is 5.65. The summed E-state index contributed by atoms with van der Waals surface area (Å²) in [6.07, 6.45) is 0. The predicted octanol–water partition coefficient (Wildman–Crippen LogP) is 2.63. The normalized spacial score (nSPS) is 11.4. The maximum atomic E-state index is 13.4. The van der Waals surface area contributed by atoms with Crippen LogP contribution >= 0.6 is 0 Å². The molecule has 0 amide bonds. The van der Waals surface area contributed by atoms with Crippen molar-refractivity contribution in [1.82, 2.24) is 0 Å². The van der Waals surface area contributed by atoms with Crippen molar-refractivity contribution < 1.29 is 21.6 Å². The Morgan fingerprint density at radius 2 is 1.62 bits per heavy atom. The van der Waals surface area contributed by atoms with Gasteiger partial charge in [-0.1, -0.05) is 18.2 Å². The molecule has 0 radical (unpaired) electrons.